The molecule has 0 radical (unpaired) electrons. The van der Waals surface area contributed by atoms with Gasteiger partial charge in [0.15, 0.2) is 0 Å². The summed E-state index contributed by atoms with van der Waals surface area (Å²) in [6.45, 7) is 2.06. The monoisotopic (exact) mass is 381 g/mol. The molecule has 0 bridgehead atoms. The van der Waals surface area contributed by atoms with Gasteiger partial charge in [-0.3, -0.25) is 4.98 Å². The highest BCUT2D eigenvalue weighted by Crippen LogP contribution is 2.43. The fourth-order valence-corrected chi connectivity index (χ4v) is 4.43. The Hall–Kier alpha value is -1.67. The highest BCUT2D eigenvalue weighted by molar-refractivity contribution is 7.99. The van der Waals surface area contributed by atoms with Gasteiger partial charge in [-0.1, -0.05) is 18.3 Å². The molecule has 0 amide bonds. The SMILES string of the molecule is CCSc1cc(C2CC2)cnc1-c1nc2ccc(C(F)(F)F)nc2s1. The van der Waals surface area contributed by atoms with Gasteiger partial charge in [-0.25, -0.2) is 9.97 Å². The summed E-state index contributed by atoms with van der Waals surface area (Å²) in [6, 6.07) is 4.49. The maximum atomic E-state index is 12.8. The van der Waals surface area contributed by atoms with E-state index in [-0.39, 0.29) is 4.83 Å². The first kappa shape index (κ1) is 16.8. The van der Waals surface area contributed by atoms with E-state index in [1.165, 1.54) is 24.5 Å². The Balaban J connectivity index is 1.78. The lowest BCUT2D eigenvalue weighted by atomic mass is 10.2. The van der Waals surface area contributed by atoms with Gasteiger partial charge >= 0.3 is 6.18 Å². The van der Waals surface area contributed by atoms with Gasteiger partial charge in [0.25, 0.3) is 0 Å². The molecule has 0 atom stereocenters. The largest absolute Gasteiger partial charge is 0.433 e. The van der Waals surface area contributed by atoms with Crippen LogP contribution in [0.4, 0.5) is 13.2 Å². The average Bonchev–Trinajstić information content (AvgIpc) is 3.33. The Morgan fingerprint density at radius 2 is 2.04 bits per heavy atom. The highest BCUT2D eigenvalue weighted by atomic mass is 32.2. The lowest BCUT2D eigenvalue weighted by Crippen LogP contribution is -2.06. The Labute approximate surface area is 150 Å². The number of nitrogens with zero attached hydrogens (tertiary/aromatic N) is 3. The molecule has 1 aliphatic rings. The summed E-state index contributed by atoms with van der Waals surface area (Å²) in [5.74, 6) is 1.49. The number of aromatic nitrogens is 3. The molecule has 3 aromatic heterocycles. The topological polar surface area (TPSA) is 38.7 Å². The van der Waals surface area contributed by atoms with E-state index >= 15 is 0 Å². The van der Waals surface area contributed by atoms with Crippen molar-refractivity contribution in [2.45, 2.75) is 36.8 Å². The Morgan fingerprint density at radius 1 is 1.24 bits per heavy atom. The van der Waals surface area contributed by atoms with E-state index in [2.05, 4.69) is 27.9 Å². The van der Waals surface area contributed by atoms with E-state index < -0.39 is 11.9 Å². The van der Waals surface area contributed by atoms with Crippen molar-refractivity contribution in [3.8, 4) is 10.7 Å². The molecule has 4 rings (SSSR count). The van der Waals surface area contributed by atoms with Crippen molar-refractivity contribution in [1.82, 2.24) is 15.0 Å². The van der Waals surface area contributed by atoms with Gasteiger partial charge in [0.05, 0.1) is 0 Å². The van der Waals surface area contributed by atoms with Crippen molar-refractivity contribution in [3.63, 3.8) is 0 Å². The number of thioether (sulfide) groups is 1. The first-order chi connectivity index (χ1) is 12.0. The van der Waals surface area contributed by atoms with Crippen LogP contribution in [0, 0.1) is 0 Å². The molecule has 1 fully saturated rings. The lowest BCUT2D eigenvalue weighted by molar-refractivity contribution is -0.140. The molecule has 0 N–H and O–H groups in total. The minimum atomic E-state index is -4.45. The first-order valence-electron chi connectivity index (χ1n) is 7.93. The zero-order valence-corrected chi connectivity index (χ0v) is 14.9. The van der Waals surface area contributed by atoms with Crippen LogP contribution in [-0.2, 0) is 6.18 Å². The number of hydrogen-bond donors (Lipinski definition) is 0. The van der Waals surface area contributed by atoms with Crippen LogP contribution in [0.1, 0.15) is 36.9 Å². The molecule has 0 aromatic carbocycles. The number of halogens is 3. The zero-order chi connectivity index (χ0) is 17.6. The smallest absolute Gasteiger partial charge is 0.252 e. The summed E-state index contributed by atoms with van der Waals surface area (Å²) in [7, 11) is 0. The molecule has 0 aliphatic heterocycles. The maximum absolute atomic E-state index is 12.8. The van der Waals surface area contributed by atoms with Gasteiger partial charge in [0.1, 0.15) is 26.7 Å². The van der Waals surface area contributed by atoms with Gasteiger partial charge in [0.2, 0.25) is 0 Å². The molecule has 3 heterocycles. The predicted molar refractivity (Wildman–Crippen MR) is 94.0 cm³/mol. The summed E-state index contributed by atoms with van der Waals surface area (Å²) < 4.78 is 38.5. The van der Waals surface area contributed by atoms with E-state index in [9.17, 15) is 13.2 Å². The van der Waals surface area contributed by atoms with E-state index in [4.69, 9.17) is 0 Å². The van der Waals surface area contributed by atoms with Crippen molar-refractivity contribution in [1.29, 1.82) is 0 Å². The van der Waals surface area contributed by atoms with Crippen LogP contribution >= 0.6 is 23.1 Å². The van der Waals surface area contributed by atoms with Crippen LogP contribution in [0.3, 0.4) is 0 Å². The Bertz CT molecular complexity index is 933. The minimum absolute atomic E-state index is 0.283. The molecule has 3 nitrogen and oxygen atoms in total. The van der Waals surface area contributed by atoms with Crippen LogP contribution in [0.25, 0.3) is 21.0 Å². The average molecular weight is 381 g/mol. The van der Waals surface area contributed by atoms with Gasteiger partial charge < -0.3 is 0 Å². The number of fused-ring (bicyclic) bond motifs is 1. The fraction of sp³-hybridized carbons (Fsp3) is 0.353. The third kappa shape index (κ3) is 3.37. The van der Waals surface area contributed by atoms with Crippen LogP contribution in [0.2, 0.25) is 0 Å². The molecule has 0 saturated heterocycles. The predicted octanol–water partition coefficient (Wildman–Crippen LogP) is 5.76. The number of thiazole rings is 1. The van der Waals surface area contributed by atoms with Gasteiger partial charge in [0, 0.05) is 11.1 Å². The summed E-state index contributed by atoms with van der Waals surface area (Å²) in [6.07, 6.45) is -0.190. The second-order valence-corrected chi connectivity index (χ2v) is 8.14. The summed E-state index contributed by atoms with van der Waals surface area (Å²) in [5.41, 5.74) is 1.54. The van der Waals surface area contributed by atoms with Crippen molar-refractivity contribution in [2.24, 2.45) is 0 Å². The molecule has 0 unspecified atom stereocenters. The number of hydrogen-bond acceptors (Lipinski definition) is 5. The molecular formula is C17H14F3N3S2. The van der Waals surface area contributed by atoms with Crippen LogP contribution in [0.15, 0.2) is 29.3 Å². The second-order valence-electron chi connectivity index (χ2n) is 5.86. The summed E-state index contributed by atoms with van der Waals surface area (Å²) in [4.78, 5) is 14.1. The van der Waals surface area contributed by atoms with E-state index in [0.717, 1.165) is 33.7 Å². The second kappa shape index (κ2) is 6.25. The quantitative estimate of drug-likeness (QED) is 0.539. The first-order valence-corrected chi connectivity index (χ1v) is 9.74. The third-order valence-electron chi connectivity index (χ3n) is 3.97. The van der Waals surface area contributed by atoms with Crippen molar-refractivity contribution < 1.29 is 13.2 Å². The number of alkyl halides is 3. The molecule has 8 heteroatoms. The molecule has 25 heavy (non-hydrogen) atoms. The molecule has 130 valence electrons. The number of pyridine rings is 2. The zero-order valence-electron chi connectivity index (χ0n) is 13.3. The molecule has 1 aliphatic carbocycles. The van der Waals surface area contributed by atoms with Crippen molar-refractivity contribution in [3.05, 3.63) is 35.7 Å². The molecule has 1 saturated carbocycles. The molecular weight excluding hydrogens is 367 g/mol. The Kier molecular flexibility index (Phi) is 4.19. The van der Waals surface area contributed by atoms with E-state index in [0.29, 0.717) is 16.4 Å². The van der Waals surface area contributed by atoms with Gasteiger partial charge in [-0.2, -0.15) is 13.2 Å². The fourth-order valence-electron chi connectivity index (χ4n) is 2.60. The minimum Gasteiger partial charge on any atom is -0.252 e. The summed E-state index contributed by atoms with van der Waals surface area (Å²) >= 11 is 2.83. The third-order valence-corrected chi connectivity index (χ3v) is 5.85. The Morgan fingerprint density at radius 3 is 2.72 bits per heavy atom. The van der Waals surface area contributed by atoms with E-state index in [1.807, 2.05) is 6.20 Å². The van der Waals surface area contributed by atoms with Crippen LogP contribution in [0.5, 0.6) is 0 Å². The van der Waals surface area contributed by atoms with Crippen LogP contribution in [-0.4, -0.2) is 20.7 Å². The highest BCUT2D eigenvalue weighted by Gasteiger charge is 2.33. The van der Waals surface area contributed by atoms with Crippen LogP contribution < -0.4 is 0 Å². The van der Waals surface area contributed by atoms with E-state index in [1.54, 1.807) is 11.8 Å². The standard InChI is InChI=1S/C17H14F3N3S2/c1-2-24-12-7-10(9-3-4-9)8-21-14(12)16-22-11-5-6-13(17(18,19)20)23-15(11)25-16/h5-9H,2-4H2,1H3. The maximum Gasteiger partial charge on any atom is 0.433 e. The van der Waals surface area contributed by atoms with Crippen molar-refractivity contribution in [2.75, 3.05) is 5.75 Å². The summed E-state index contributed by atoms with van der Waals surface area (Å²) in [5, 5.41) is 0.611. The number of rotatable bonds is 4. The van der Waals surface area contributed by atoms with Gasteiger partial charge in [-0.15, -0.1) is 11.8 Å². The van der Waals surface area contributed by atoms with Gasteiger partial charge in [-0.05, 0) is 48.3 Å². The lowest BCUT2D eigenvalue weighted by Gasteiger charge is -2.07. The normalized spacial score (nSPS) is 15.0. The molecule has 3 aromatic rings. The molecule has 0 spiro atoms. The van der Waals surface area contributed by atoms with Crippen molar-refractivity contribution >= 4 is 33.4 Å².